The summed E-state index contributed by atoms with van der Waals surface area (Å²) in [5, 5.41) is 3.24. The molecule has 2 aromatic rings. The standard InChI is InChI=1S/C14H13F2N3O/c15-9-3-8(4-10(16)5-9)14-18-12(6-13(20)19-14)7-17-11-1-2-11/h3-6,11,17H,1-2,7H2,(H,18,19,20). The summed E-state index contributed by atoms with van der Waals surface area (Å²) in [6.07, 6.45) is 2.26. The van der Waals surface area contributed by atoms with E-state index in [4.69, 9.17) is 0 Å². The third kappa shape index (κ3) is 3.08. The molecule has 1 heterocycles. The molecule has 0 saturated heterocycles. The minimum Gasteiger partial charge on any atom is -0.308 e. The topological polar surface area (TPSA) is 57.8 Å². The van der Waals surface area contributed by atoms with Gasteiger partial charge in [-0.15, -0.1) is 0 Å². The third-order valence-electron chi connectivity index (χ3n) is 3.08. The van der Waals surface area contributed by atoms with Crippen LogP contribution in [-0.4, -0.2) is 16.0 Å². The highest BCUT2D eigenvalue weighted by Gasteiger charge is 2.20. The molecule has 3 rings (SSSR count). The lowest BCUT2D eigenvalue weighted by molar-refractivity contribution is 0.584. The summed E-state index contributed by atoms with van der Waals surface area (Å²) in [6, 6.07) is 4.93. The largest absolute Gasteiger partial charge is 0.308 e. The molecule has 0 bridgehead atoms. The number of rotatable bonds is 4. The molecule has 0 unspecified atom stereocenters. The minimum atomic E-state index is -0.704. The predicted octanol–water partition coefficient (Wildman–Crippen LogP) is 1.97. The summed E-state index contributed by atoms with van der Waals surface area (Å²) in [7, 11) is 0. The summed E-state index contributed by atoms with van der Waals surface area (Å²) in [6.45, 7) is 0.472. The maximum atomic E-state index is 13.2. The van der Waals surface area contributed by atoms with E-state index >= 15 is 0 Å². The first kappa shape index (κ1) is 12.9. The van der Waals surface area contributed by atoms with Gasteiger partial charge in [0.1, 0.15) is 17.5 Å². The van der Waals surface area contributed by atoms with E-state index < -0.39 is 11.6 Å². The van der Waals surface area contributed by atoms with Crippen LogP contribution in [0.1, 0.15) is 18.5 Å². The number of hydrogen-bond donors (Lipinski definition) is 2. The van der Waals surface area contributed by atoms with Crippen LogP contribution in [0.4, 0.5) is 8.78 Å². The van der Waals surface area contributed by atoms with Gasteiger partial charge in [0.05, 0.1) is 5.69 Å². The van der Waals surface area contributed by atoms with Gasteiger partial charge in [0, 0.05) is 30.3 Å². The van der Waals surface area contributed by atoms with Gasteiger partial charge in [0.2, 0.25) is 0 Å². The summed E-state index contributed by atoms with van der Waals surface area (Å²) >= 11 is 0. The van der Waals surface area contributed by atoms with Crippen LogP contribution in [-0.2, 0) is 6.54 Å². The molecule has 1 aromatic carbocycles. The Labute approximate surface area is 113 Å². The molecule has 1 aliphatic rings. The normalized spacial score (nSPS) is 14.5. The van der Waals surface area contributed by atoms with E-state index in [1.165, 1.54) is 6.07 Å². The number of aromatic nitrogens is 2. The van der Waals surface area contributed by atoms with Gasteiger partial charge in [-0.1, -0.05) is 0 Å². The first-order chi connectivity index (χ1) is 9.60. The van der Waals surface area contributed by atoms with Crippen LogP contribution in [0.25, 0.3) is 11.4 Å². The molecule has 1 aromatic heterocycles. The highest BCUT2D eigenvalue weighted by Crippen LogP contribution is 2.20. The van der Waals surface area contributed by atoms with Gasteiger partial charge in [-0.05, 0) is 25.0 Å². The Kier molecular flexibility index (Phi) is 3.31. The molecule has 4 nitrogen and oxygen atoms in total. The van der Waals surface area contributed by atoms with Crippen molar-refractivity contribution in [3.05, 3.63) is 51.9 Å². The molecule has 104 valence electrons. The number of halogens is 2. The quantitative estimate of drug-likeness (QED) is 0.898. The second-order valence-electron chi connectivity index (χ2n) is 4.90. The van der Waals surface area contributed by atoms with Crippen molar-refractivity contribution in [1.29, 1.82) is 0 Å². The summed E-state index contributed by atoms with van der Waals surface area (Å²) < 4.78 is 26.4. The number of aromatic amines is 1. The van der Waals surface area contributed by atoms with E-state index in [0.29, 0.717) is 18.3 Å². The average molecular weight is 277 g/mol. The Balaban J connectivity index is 1.93. The molecule has 6 heteroatoms. The van der Waals surface area contributed by atoms with Crippen LogP contribution in [0.3, 0.4) is 0 Å². The highest BCUT2D eigenvalue weighted by atomic mass is 19.1. The molecule has 1 fully saturated rings. The van der Waals surface area contributed by atoms with Crippen molar-refractivity contribution >= 4 is 0 Å². The van der Waals surface area contributed by atoms with Crippen LogP contribution in [0, 0.1) is 11.6 Å². The van der Waals surface area contributed by atoms with Gasteiger partial charge in [-0.25, -0.2) is 13.8 Å². The van der Waals surface area contributed by atoms with Crippen LogP contribution < -0.4 is 10.9 Å². The molecule has 0 amide bonds. The number of nitrogens with zero attached hydrogens (tertiary/aromatic N) is 1. The fraction of sp³-hybridized carbons (Fsp3) is 0.286. The van der Waals surface area contributed by atoms with Crippen molar-refractivity contribution in [2.45, 2.75) is 25.4 Å². The van der Waals surface area contributed by atoms with Gasteiger partial charge in [0.15, 0.2) is 0 Å². The minimum absolute atomic E-state index is 0.170. The monoisotopic (exact) mass is 277 g/mol. The number of benzene rings is 1. The van der Waals surface area contributed by atoms with Gasteiger partial charge in [-0.3, -0.25) is 4.79 Å². The van der Waals surface area contributed by atoms with Gasteiger partial charge < -0.3 is 10.3 Å². The molecular weight excluding hydrogens is 264 g/mol. The van der Waals surface area contributed by atoms with E-state index in [1.807, 2.05) is 0 Å². The molecule has 1 aliphatic carbocycles. The lowest BCUT2D eigenvalue weighted by Gasteiger charge is -2.06. The molecular formula is C14H13F2N3O. The Morgan fingerprint density at radius 1 is 1.20 bits per heavy atom. The van der Waals surface area contributed by atoms with Crippen molar-refractivity contribution in [1.82, 2.24) is 15.3 Å². The molecule has 0 atom stereocenters. The number of hydrogen-bond acceptors (Lipinski definition) is 3. The molecule has 2 N–H and O–H groups in total. The van der Waals surface area contributed by atoms with Crippen LogP contribution >= 0.6 is 0 Å². The van der Waals surface area contributed by atoms with Crippen molar-refractivity contribution in [3.8, 4) is 11.4 Å². The van der Waals surface area contributed by atoms with Gasteiger partial charge in [0.25, 0.3) is 5.56 Å². The van der Waals surface area contributed by atoms with E-state index in [9.17, 15) is 13.6 Å². The van der Waals surface area contributed by atoms with Crippen LogP contribution in [0.15, 0.2) is 29.1 Å². The lowest BCUT2D eigenvalue weighted by atomic mass is 10.2. The zero-order chi connectivity index (χ0) is 14.1. The van der Waals surface area contributed by atoms with Crippen LogP contribution in [0.5, 0.6) is 0 Å². The number of H-pyrrole nitrogens is 1. The third-order valence-corrected chi connectivity index (χ3v) is 3.08. The van der Waals surface area contributed by atoms with Gasteiger partial charge >= 0.3 is 0 Å². The zero-order valence-electron chi connectivity index (χ0n) is 10.6. The van der Waals surface area contributed by atoms with E-state index in [1.54, 1.807) is 0 Å². The Bertz CT molecular complexity index is 675. The van der Waals surface area contributed by atoms with E-state index in [0.717, 1.165) is 31.0 Å². The molecule has 1 saturated carbocycles. The first-order valence-electron chi connectivity index (χ1n) is 6.40. The van der Waals surface area contributed by atoms with Crippen molar-refractivity contribution in [3.63, 3.8) is 0 Å². The average Bonchev–Trinajstić information content (AvgIpc) is 3.18. The SMILES string of the molecule is O=c1cc(CNC2CC2)nc(-c2cc(F)cc(F)c2)[nH]1. The zero-order valence-corrected chi connectivity index (χ0v) is 10.6. The summed E-state index contributed by atoms with van der Waals surface area (Å²) in [5.41, 5.74) is 0.431. The summed E-state index contributed by atoms with van der Waals surface area (Å²) in [5.74, 6) is -1.24. The second-order valence-corrected chi connectivity index (χ2v) is 4.90. The fourth-order valence-corrected chi connectivity index (χ4v) is 1.96. The second kappa shape index (κ2) is 5.13. The molecule has 0 spiro atoms. The van der Waals surface area contributed by atoms with Crippen LogP contribution in [0.2, 0.25) is 0 Å². The maximum absolute atomic E-state index is 13.2. The van der Waals surface area contributed by atoms with E-state index in [2.05, 4.69) is 15.3 Å². The predicted molar refractivity (Wildman–Crippen MR) is 70.1 cm³/mol. The number of nitrogens with one attached hydrogen (secondary N) is 2. The van der Waals surface area contributed by atoms with Crippen molar-refractivity contribution < 1.29 is 8.78 Å². The smallest absolute Gasteiger partial charge is 0.251 e. The lowest BCUT2D eigenvalue weighted by Crippen LogP contribution is -2.19. The van der Waals surface area contributed by atoms with Crippen molar-refractivity contribution in [2.24, 2.45) is 0 Å². The Morgan fingerprint density at radius 2 is 1.90 bits per heavy atom. The molecule has 0 aliphatic heterocycles. The van der Waals surface area contributed by atoms with E-state index in [-0.39, 0.29) is 16.9 Å². The van der Waals surface area contributed by atoms with Gasteiger partial charge in [-0.2, -0.15) is 0 Å². The highest BCUT2D eigenvalue weighted by molar-refractivity contribution is 5.54. The summed E-state index contributed by atoms with van der Waals surface area (Å²) in [4.78, 5) is 18.3. The Morgan fingerprint density at radius 3 is 2.55 bits per heavy atom. The fourth-order valence-electron chi connectivity index (χ4n) is 1.96. The van der Waals surface area contributed by atoms with Crippen molar-refractivity contribution in [2.75, 3.05) is 0 Å². The maximum Gasteiger partial charge on any atom is 0.251 e. The Hall–Kier alpha value is -2.08. The molecule has 0 radical (unpaired) electrons. The molecule has 20 heavy (non-hydrogen) atoms. The first-order valence-corrected chi connectivity index (χ1v) is 6.40.